The van der Waals surface area contributed by atoms with Gasteiger partial charge in [-0.1, -0.05) is 19.0 Å². The van der Waals surface area contributed by atoms with E-state index in [9.17, 15) is 4.79 Å². The number of aromatic nitrogens is 2. The lowest BCUT2D eigenvalue weighted by Gasteiger charge is -2.23. The summed E-state index contributed by atoms with van der Waals surface area (Å²) in [6, 6.07) is 0. The summed E-state index contributed by atoms with van der Waals surface area (Å²) < 4.78 is 1.87. The lowest BCUT2D eigenvalue weighted by Crippen LogP contribution is -2.39. The first-order valence-electron chi connectivity index (χ1n) is 10.3. The highest BCUT2D eigenvalue weighted by Gasteiger charge is 2.25. The van der Waals surface area contributed by atoms with E-state index in [2.05, 4.69) is 35.9 Å². The molecule has 1 atom stereocenters. The van der Waals surface area contributed by atoms with Gasteiger partial charge in [-0.05, 0) is 38.7 Å². The van der Waals surface area contributed by atoms with Crippen molar-refractivity contribution >= 4 is 11.6 Å². The monoisotopic (exact) mass is 375 g/mol. The smallest absolute Gasteiger partial charge is 0.244 e. The highest BCUT2D eigenvalue weighted by molar-refractivity contribution is 5.85. The van der Waals surface area contributed by atoms with Crippen LogP contribution in [0, 0.1) is 13.8 Å². The van der Waals surface area contributed by atoms with Crippen molar-refractivity contribution in [1.29, 1.82) is 0 Å². The molecule has 1 aromatic rings. The van der Waals surface area contributed by atoms with Gasteiger partial charge in [-0.2, -0.15) is 5.10 Å². The number of carbonyl (C=O) groups excluding carboxylic acids is 1. The van der Waals surface area contributed by atoms with Gasteiger partial charge in [0.2, 0.25) is 5.91 Å². The SMILES string of the molecule is CCC1=NOC(CN2CCCN(C(=O)Cn3nc(C)c(CC)c3C)CC2)C1. The maximum Gasteiger partial charge on any atom is 0.244 e. The van der Waals surface area contributed by atoms with Gasteiger partial charge in [0.25, 0.3) is 0 Å². The first-order valence-corrected chi connectivity index (χ1v) is 10.3. The van der Waals surface area contributed by atoms with Gasteiger partial charge in [0.15, 0.2) is 0 Å². The van der Waals surface area contributed by atoms with Crippen molar-refractivity contribution in [2.24, 2.45) is 5.16 Å². The van der Waals surface area contributed by atoms with E-state index < -0.39 is 0 Å². The molecule has 7 heteroatoms. The molecule has 0 saturated carbocycles. The summed E-state index contributed by atoms with van der Waals surface area (Å²) in [6.07, 6.45) is 4.02. The topological polar surface area (TPSA) is 63.0 Å². The summed E-state index contributed by atoms with van der Waals surface area (Å²) in [4.78, 5) is 22.8. The van der Waals surface area contributed by atoms with Crippen LogP contribution in [0.5, 0.6) is 0 Å². The van der Waals surface area contributed by atoms with Crippen LogP contribution < -0.4 is 0 Å². The highest BCUT2D eigenvalue weighted by Crippen LogP contribution is 2.16. The molecule has 7 nitrogen and oxygen atoms in total. The molecule has 1 amide bonds. The van der Waals surface area contributed by atoms with Gasteiger partial charge in [-0.3, -0.25) is 14.4 Å². The number of nitrogens with zero attached hydrogens (tertiary/aromatic N) is 5. The van der Waals surface area contributed by atoms with Gasteiger partial charge < -0.3 is 9.74 Å². The molecular formula is C20H33N5O2. The van der Waals surface area contributed by atoms with Gasteiger partial charge in [0.1, 0.15) is 12.6 Å². The van der Waals surface area contributed by atoms with Gasteiger partial charge in [-0.25, -0.2) is 0 Å². The molecule has 0 aromatic carbocycles. The number of aryl methyl sites for hydroxylation is 1. The summed E-state index contributed by atoms with van der Waals surface area (Å²) in [5, 5.41) is 8.72. The van der Waals surface area contributed by atoms with Crippen LogP contribution in [0.25, 0.3) is 0 Å². The van der Waals surface area contributed by atoms with E-state index in [4.69, 9.17) is 4.84 Å². The molecule has 0 radical (unpaired) electrons. The first-order chi connectivity index (χ1) is 13.0. The van der Waals surface area contributed by atoms with Crippen LogP contribution in [-0.2, 0) is 22.6 Å². The number of hydrogen-bond acceptors (Lipinski definition) is 5. The molecule has 2 aliphatic heterocycles. The predicted molar refractivity (Wildman–Crippen MR) is 106 cm³/mol. The quantitative estimate of drug-likeness (QED) is 0.764. The zero-order valence-corrected chi connectivity index (χ0v) is 17.2. The van der Waals surface area contributed by atoms with Crippen LogP contribution in [-0.4, -0.2) is 70.0 Å². The van der Waals surface area contributed by atoms with Gasteiger partial charge in [-0.15, -0.1) is 0 Å². The van der Waals surface area contributed by atoms with E-state index in [1.54, 1.807) is 0 Å². The zero-order valence-electron chi connectivity index (χ0n) is 17.2. The lowest BCUT2D eigenvalue weighted by atomic mass is 10.1. The fraction of sp³-hybridized carbons (Fsp3) is 0.750. The third-order valence-corrected chi connectivity index (χ3v) is 5.78. The molecular weight excluding hydrogens is 342 g/mol. The normalized spacial score (nSPS) is 21.1. The van der Waals surface area contributed by atoms with Gasteiger partial charge in [0.05, 0.1) is 11.4 Å². The fourth-order valence-corrected chi connectivity index (χ4v) is 4.11. The van der Waals surface area contributed by atoms with E-state index >= 15 is 0 Å². The summed E-state index contributed by atoms with van der Waals surface area (Å²) >= 11 is 0. The molecule has 0 spiro atoms. The molecule has 1 saturated heterocycles. The van der Waals surface area contributed by atoms with E-state index in [0.717, 1.165) is 75.5 Å². The Hall–Kier alpha value is -1.89. The molecule has 3 rings (SSSR count). The van der Waals surface area contributed by atoms with Crippen molar-refractivity contribution in [3.05, 3.63) is 17.0 Å². The molecule has 1 unspecified atom stereocenters. The van der Waals surface area contributed by atoms with Crippen molar-refractivity contribution in [2.75, 3.05) is 32.7 Å². The zero-order chi connectivity index (χ0) is 19.4. The van der Waals surface area contributed by atoms with E-state index in [1.165, 1.54) is 5.56 Å². The van der Waals surface area contributed by atoms with Crippen LogP contribution in [0.3, 0.4) is 0 Å². The highest BCUT2D eigenvalue weighted by atomic mass is 16.6. The van der Waals surface area contributed by atoms with Crippen molar-refractivity contribution < 1.29 is 9.63 Å². The molecule has 3 heterocycles. The van der Waals surface area contributed by atoms with Gasteiger partial charge in [0, 0.05) is 44.8 Å². The Morgan fingerprint density at radius 2 is 1.96 bits per heavy atom. The first kappa shape index (κ1) is 19.9. The average molecular weight is 376 g/mol. The van der Waals surface area contributed by atoms with E-state index in [-0.39, 0.29) is 12.0 Å². The Bertz CT molecular complexity index is 697. The standard InChI is InChI=1S/C20H33N5O2/c1-5-17-12-18(27-22-17)13-23-8-7-9-24(11-10-23)20(26)14-25-16(4)19(6-2)15(3)21-25/h18H,5-14H2,1-4H3. The van der Waals surface area contributed by atoms with Crippen LogP contribution >= 0.6 is 0 Å². The minimum absolute atomic E-state index is 0.166. The minimum Gasteiger partial charge on any atom is -0.391 e. The molecule has 150 valence electrons. The van der Waals surface area contributed by atoms with Crippen molar-refractivity contribution in [3.63, 3.8) is 0 Å². The van der Waals surface area contributed by atoms with Crippen LogP contribution in [0.15, 0.2) is 5.16 Å². The lowest BCUT2D eigenvalue weighted by molar-refractivity contribution is -0.131. The number of carbonyl (C=O) groups is 1. The Morgan fingerprint density at radius 1 is 1.15 bits per heavy atom. The second kappa shape index (κ2) is 8.87. The second-order valence-corrected chi connectivity index (χ2v) is 7.64. The number of hydrogen-bond donors (Lipinski definition) is 0. The predicted octanol–water partition coefficient (Wildman–Crippen LogP) is 2.15. The minimum atomic E-state index is 0.166. The number of rotatable bonds is 6. The molecule has 0 aliphatic carbocycles. The number of amides is 1. The molecule has 0 bridgehead atoms. The third-order valence-electron chi connectivity index (χ3n) is 5.78. The largest absolute Gasteiger partial charge is 0.391 e. The molecule has 2 aliphatic rings. The summed E-state index contributed by atoms with van der Waals surface area (Å²) in [5.74, 6) is 0.166. The Balaban J connectivity index is 1.51. The Morgan fingerprint density at radius 3 is 2.63 bits per heavy atom. The maximum atomic E-state index is 12.8. The van der Waals surface area contributed by atoms with Crippen molar-refractivity contribution in [1.82, 2.24) is 19.6 Å². The molecule has 27 heavy (non-hydrogen) atoms. The van der Waals surface area contributed by atoms with E-state index in [0.29, 0.717) is 6.54 Å². The molecule has 1 aromatic heterocycles. The summed E-state index contributed by atoms with van der Waals surface area (Å²) in [7, 11) is 0. The van der Waals surface area contributed by atoms with Gasteiger partial charge >= 0.3 is 0 Å². The fourth-order valence-electron chi connectivity index (χ4n) is 4.11. The van der Waals surface area contributed by atoms with Crippen LogP contribution in [0.4, 0.5) is 0 Å². The third kappa shape index (κ3) is 4.69. The van der Waals surface area contributed by atoms with Crippen molar-refractivity contribution in [3.8, 4) is 0 Å². The summed E-state index contributed by atoms with van der Waals surface area (Å²) in [6.45, 7) is 13.1. The Kier molecular flexibility index (Phi) is 6.52. The molecule has 1 fully saturated rings. The maximum absolute atomic E-state index is 12.8. The average Bonchev–Trinajstić information content (AvgIpc) is 3.11. The van der Waals surface area contributed by atoms with Crippen LogP contribution in [0.2, 0.25) is 0 Å². The summed E-state index contributed by atoms with van der Waals surface area (Å²) in [5.41, 5.74) is 4.57. The van der Waals surface area contributed by atoms with E-state index in [1.807, 2.05) is 16.5 Å². The number of oxime groups is 1. The Labute approximate surface area is 162 Å². The second-order valence-electron chi connectivity index (χ2n) is 7.64. The van der Waals surface area contributed by atoms with Crippen LogP contribution in [0.1, 0.15) is 50.1 Å². The van der Waals surface area contributed by atoms with Crippen molar-refractivity contribution in [2.45, 2.75) is 66.0 Å². The molecule has 0 N–H and O–H groups in total.